The molecule has 0 spiro atoms. The van der Waals surface area contributed by atoms with Crippen molar-refractivity contribution in [2.45, 2.75) is 38.1 Å². The summed E-state index contributed by atoms with van der Waals surface area (Å²) in [4.78, 5) is 0. The van der Waals surface area contributed by atoms with Crippen molar-refractivity contribution in [1.82, 2.24) is 5.32 Å². The summed E-state index contributed by atoms with van der Waals surface area (Å²) < 4.78 is 43.0. The monoisotopic (exact) mass is 333 g/mol. The van der Waals surface area contributed by atoms with E-state index in [-0.39, 0.29) is 37.0 Å². The molecule has 0 saturated heterocycles. The first kappa shape index (κ1) is 18.0. The first-order chi connectivity index (χ1) is 10.7. The van der Waals surface area contributed by atoms with Gasteiger partial charge in [0.25, 0.3) is 0 Å². The number of aliphatic hydroxyl groups is 2. The number of hydrogen-bond donors (Lipinski definition) is 3. The highest BCUT2D eigenvalue weighted by atomic mass is 19.4. The van der Waals surface area contributed by atoms with Gasteiger partial charge < -0.3 is 20.3 Å². The molecule has 1 aromatic rings. The van der Waals surface area contributed by atoms with Gasteiger partial charge in [-0.3, -0.25) is 0 Å². The number of nitrogens with one attached hydrogen (secondary N) is 1. The molecule has 2 rings (SSSR count). The van der Waals surface area contributed by atoms with Crippen LogP contribution in [0.2, 0.25) is 0 Å². The third-order valence-corrected chi connectivity index (χ3v) is 4.27. The molecule has 0 radical (unpaired) electrons. The van der Waals surface area contributed by atoms with Crippen molar-refractivity contribution in [2.75, 3.05) is 19.8 Å². The molecule has 0 amide bonds. The number of hydrogen-bond acceptors (Lipinski definition) is 4. The van der Waals surface area contributed by atoms with E-state index in [2.05, 4.69) is 12.2 Å². The Labute approximate surface area is 133 Å². The summed E-state index contributed by atoms with van der Waals surface area (Å²) in [7, 11) is 0. The van der Waals surface area contributed by atoms with Gasteiger partial charge in [-0.1, -0.05) is 13.0 Å². The van der Waals surface area contributed by atoms with Crippen LogP contribution in [0.4, 0.5) is 13.2 Å². The largest absolute Gasteiger partial charge is 0.491 e. The van der Waals surface area contributed by atoms with Crippen LogP contribution in [0.1, 0.15) is 25.3 Å². The Morgan fingerprint density at radius 1 is 1.35 bits per heavy atom. The number of alkyl halides is 3. The van der Waals surface area contributed by atoms with Crippen molar-refractivity contribution in [3.8, 4) is 5.75 Å². The van der Waals surface area contributed by atoms with Crippen molar-refractivity contribution >= 4 is 0 Å². The summed E-state index contributed by atoms with van der Waals surface area (Å²) in [6, 6.07) is 4.45. The molecule has 0 aromatic heterocycles. The van der Waals surface area contributed by atoms with E-state index in [1.54, 1.807) is 0 Å². The van der Waals surface area contributed by atoms with E-state index in [9.17, 15) is 23.4 Å². The van der Waals surface area contributed by atoms with E-state index in [0.29, 0.717) is 0 Å². The Hall–Kier alpha value is -1.31. The van der Waals surface area contributed by atoms with Crippen LogP contribution in [0.5, 0.6) is 5.75 Å². The molecule has 1 aromatic carbocycles. The third-order valence-electron chi connectivity index (χ3n) is 4.27. The van der Waals surface area contributed by atoms with E-state index < -0.39 is 17.8 Å². The molecule has 130 valence electrons. The molecule has 0 bridgehead atoms. The molecular weight excluding hydrogens is 311 g/mol. The average molecular weight is 333 g/mol. The van der Waals surface area contributed by atoms with Crippen LogP contribution in [0.15, 0.2) is 24.3 Å². The predicted octanol–water partition coefficient (Wildman–Crippen LogP) is 2.20. The van der Waals surface area contributed by atoms with Gasteiger partial charge >= 0.3 is 6.18 Å². The second-order valence-corrected chi connectivity index (χ2v) is 6.29. The minimum Gasteiger partial charge on any atom is -0.491 e. The average Bonchev–Trinajstić information content (AvgIpc) is 3.24. The number of halogens is 3. The fraction of sp³-hybridized carbons (Fsp3) is 0.625. The number of rotatable bonds is 8. The fourth-order valence-corrected chi connectivity index (χ4v) is 2.37. The summed E-state index contributed by atoms with van der Waals surface area (Å²) in [5, 5.41) is 22.3. The molecule has 1 saturated carbocycles. The van der Waals surface area contributed by atoms with E-state index >= 15 is 0 Å². The van der Waals surface area contributed by atoms with Gasteiger partial charge in [-0.05, 0) is 36.5 Å². The van der Waals surface area contributed by atoms with Crippen molar-refractivity contribution in [1.29, 1.82) is 0 Å². The lowest BCUT2D eigenvalue weighted by Crippen LogP contribution is -2.44. The van der Waals surface area contributed by atoms with Crippen LogP contribution < -0.4 is 10.1 Å². The zero-order chi connectivity index (χ0) is 17.1. The highest BCUT2D eigenvalue weighted by molar-refractivity contribution is 5.30. The van der Waals surface area contributed by atoms with Gasteiger partial charge in [0.2, 0.25) is 0 Å². The van der Waals surface area contributed by atoms with E-state index in [4.69, 9.17) is 4.74 Å². The summed E-state index contributed by atoms with van der Waals surface area (Å²) in [6.45, 7) is 2.13. The zero-order valence-corrected chi connectivity index (χ0v) is 12.9. The molecule has 2 unspecified atom stereocenters. The molecule has 2 atom stereocenters. The second kappa shape index (κ2) is 7.07. The Bertz CT molecular complexity index is 518. The molecular formula is C16H22F3NO3. The molecule has 3 N–H and O–H groups in total. The lowest BCUT2D eigenvalue weighted by atomic mass is 10.00. The van der Waals surface area contributed by atoms with Crippen molar-refractivity contribution in [3.63, 3.8) is 0 Å². The lowest BCUT2D eigenvalue weighted by Gasteiger charge is -2.24. The zero-order valence-electron chi connectivity index (χ0n) is 12.9. The first-order valence-corrected chi connectivity index (χ1v) is 7.57. The minimum atomic E-state index is -4.42. The molecule has 1 aliphatic carbocycles. The maximum Gasteiger partial charge on any atom is 0.416 e. The van der Waals surface area contributed by atoms with E-state index in [1.165, 1.54) is 12.1 Å². The van der Waals surface area contributed by atoms with Gasteiger partial charge in [0, 0.05) is 12.6 Å². The summed E-state index contributed by atoms with van der Waals surface area (Å²) >= 11 is 0. The van der Waals surface area contributed by atoms with Gasteiger partial charge in [0.05, 0.1) is 12.2 Å². The molecule has 1 aliphatic rings. The number of aliphatic hydroxyl groups excluding tert-OH is 2. The molecule has 23 heavy (non-hydrogen) atoms. The third kappa shape index (κ3) is 5.09. The van der Waals surface area contributed by atoms with Crippen LogP contribution in [0, 0.1) is 5.41 Å². The Morgan fingerprint density at radius 2 is 2.04 bits per heavy atom. The quantitative estimate of drug-likeness (QED) is 0.682. The first-order valence-electron chi connectivity index (χ1n) is 7.57. The predicted molar refractivity (Wildman–Crippen MR) is 79.2 cm³/mol. The smallest absolute Gasteiger partial charge is 0.416 e. The number of benzene rings is 1. The van der Waals surface area contributed by atoms with Gasteiger partial charge in [-0.25, -0.2) is 0 Å². The SMILES string of the molecule is CC1(C(CO)NCC(O)COc2cccc(C(F)(F)F)c2)CC1. The molecule has 0 heterocycles. The minimum absolute atomic E-state index is 0.0162. The van der Waals surface area contributed by atoms with Crippen molar-refractivity contribution < 1.29 is 28.1 Å². The Balaban J connectivity index is 1.79. The molecule has 7 heteroatoms. The maximum atomic E-state index is 12.6. The van der Waals surface area contributed by atoms with E-state index in [0.717, 1.165) is 25.0 Å². The molecule has 4 nitrogen and oxygen atoms in total. The van der Waals surface area contributed by atoms with E-state index in [1.807, 2.05) is 0 Å². The normalized spacial score (nSPS) is 19.2. The van der Waals surface area contributed by atoms with Crippen LogP contribution in [0.3, 0.4) is 0 Å². The highest BCUT2D eigenvalue weighted by Gasteiger charge is 2.44. The fourth-order valence-electron chi connectivity index (χ4n) is 2.37. The van der Waals surface area contributed by atoms with Gasteiger partial charge in [0.1, 0.15) is 18.5 Å². The summed E-state index contributed by atoms with van der Waals surface area (Å²) in [5.41, 5.74) is -0.722. The molecule has 0 aliphatic heterocycles. The standard InChI is InChI=1S/C16H22F3NO3/c1-15(5-6-15)14(9-21)20-8-12(22)10-23-13-4-2-3-11(7-13)16(17,18)19/h2-4,7,12,14,20-22H,5-6,8-10H2,1H3. The van der Waals surface area contributed by atoms with Gasteiger partial charge in [-0.2, -0.15) is 13.2 Å². The van der Waals surface area contributed by atoms with Crippen molar-refractivity contribution in [2.24, 2.45) is 5.41 Å². The summed E-state index contributed by atoms with van der Waals surface area (Å²) in [5.74, 6) is 0.0618. The van der Waals surface area contributed by atoms with Crippen molar-refractivity contribution in [3.05, 3.63) is 29.8 Å². The highest BCUT2D eigenvalue weighted by Crippen LogP contribution is 2.47. The van der Waals surface area contributed by atoms with Gasteiger partial charge in [0.15, 0.2) is 0 Å². The maximum absolute atomic E-state index is 12.6. The summed E-state index contributed by atoms with van der Waals surface area (Å²) in [6.07, 6.45) is -3.24. The lowest BCUT2D eigenvalue weighted by molar-refractivity contribution is -0.137. The van der Waals surface area contributed by atoms with Crippen LogP contribution in [0.25, 0.3) is 0 Å². The second-order valence-electron chi connectivity index (χ2n) is 6.29. The number of ether oxygens (including phenoxy) is 1. The van der Waals surface area contributed by atoms with Crippen LogP contribution >= 0.6 is 0 Å². The molecule has 1 fully saturated rings. The Kier molecular flexibility index (Phi) is 5.54. The Morgan fingerprint density at radius 3 is 2.61 bits per heavy atom. The topological polar surface area (TPSA) is 61.7 Å². The van der Waals surface area contributed by atoms with Gasteiger partial charge in [-0.15, -0.1) is 0 Å². The van der Waals surface area contributed by atoms with Crippen LogP contribution in [-0.4, -0.2) is 42.1 Å². The van der Waals surface area contributed by atoms with Crippen LogP contribution in [-0.2, 0) is 6.18 Å².